The zero-order valence-electron chi connectivity index (χ0n) is 13.0. The summed E-state index contributed by atoms with van der Waals surface area (Å²) in [4.78, 5) is 25.7. The second-order valence-corrected chi connectivity index (χ2v) is 7.03. The van der Waals surface area contributed by atoms with Crippen LogP contribution in [-0.2, 0) is 11.3 Å². The van der Waals surface area contributed by atoms with Crippen LogP contribution >= 0.6 is 22.9 Å². The third kappa shape index (κ3) is 4.92. The van der Waals surface area contributed by atoms with E-state index >= 15 is 0 Å². The number of urea groups is 1. The molecule has 0 saturated carbocycles. The Morgan fingerprint density at radius 3 is 2.54 bits per heavy atom. The largest absolute Gasteiger partial charge is 0.351 e. The van der Waals surface area contributed by atoms with Crippen molar-refractivity contribution in [2.24, 2.45) is 5.73 Å². The molecule has 7 heteroatoms. The molecule has 0 saturated heterocycles. The summed E-state index contributed by atoms with van der Waals surface area (Å²) in [5.74, 6) is -0.437. The maximum atomic E-state index is 12.6. The van der Waals surface area contributed by atoms with Crippen molar-refractivity contribution >= 4 is 34.9 Å². The number of hydrogen-bond acceptors (Lipinski definition) is 3. The molecule has 2 rings (SSSR count). The predicted molar refractivity (Wildman–Crippen MR) is 96.0 cm³/mol. The summed E-state index contributed by atoms with van der Waals surface area (Å²) in [6, 6.07) is 11.6. The van der Waals surface area contributed by atoms with Gasteiger partial charge in [-0.25, -0.2) is 4.79 Å². The number of imide groups is 1. The van der Waals surface area contributed by atoms with E-state index in [1.807, 2.05) is 42.5 Å². The first-order valence-corrected chi connectivity index (χ1v) is 8.55. The highest BCUT2D eigenvalue weighted by Gasteiger charge is 2.32. The van der Waals surface area contributed by atoms with Crippen LogP contribution in [0.3, 0.4) is 0 Å². The molecule has 0 aliphatic heterocycles. The van der Waals surface area contributed by atoms with Crippen LogP contribution in [0.4, 0.5) is 4.79 Å². The molecule has 2 atom stereocenters. The van der Waals surface area contributed by atoms with Gasteiger partial charge in [0.1, 0.15) is 6.54 Å². The number of benzene rings is 1. The van der Waals surface area contributed by atoms with Crippen LogP contribution in [0.15, 0.2) is 55.1 Å². The molecule has 0 spiro atoms. The lowest BCUT2D eigenvalue weighted by molar-refractivity contribution is -0.929. The van der Waals surface area contributed by atoms with Crippen LogP contribution in [0.5, 0.6) is 0 Å². The van der Waals surface area contributed by atoms with Crippen molar-refractivity contribution in [2.45, 2.75) is 12.6 Å². The first-order chi connectivity index (χ1) is 11.5. The molecular weight excluding hydrogens is 346 g/mol. The molecule has 0 radical (unpaired) electrons. The quantitative estimate of drug-likeness (QED) is 0.656. The Hall–Kier alpha value is -2.15. The highest BCUT2D eigenvalue weighted by molar-refractivity contribution is 7.16. The highest BCUT2D eigenvalue weighted by Crippen LogP contribution is 2.21. The van der Waals surface area contributed by atoms with Gasteiger partial charge in [0.2, 0.25) is 0 Å². The summed E-state index contributed by atoms with van der Waals surface area (Å²) >= 11 is 7.46. The van der Waals surface area contributed by atoms with E-state index in [4.69, 9.17) is 17.3 Å². The molecule has 2 aromatic rings. The van der Waals surface area contributed by atoms with Gasteiger partial charge in [-0.1, -0.05) is 48.5 Å². The third-order valence-electron chi connectivity index (χ3n) is 3.49. The monoisotopic (exact) mass is 364 g/mol. The van der Waals surface area contributed by atoms with Crippen LogP contribution in [0.1, 0.15) is 16.5 Å². The highest BCUT2D eigenvalue weighted by atomic mass is 35.5. The minimum atomic E-state index is -0.863. The van der Waals surface area contributed by atoms with Crippen molar-refractivity contribution in [1.82, 2.24) is 5.32 Å². The number of rotatable bonds is 7. The molecule has 0 bridgehead atoms. The minimum Gasteiger partial charge on any atom is -0.351 e. The van der Waals surface area contributed by atoms with Gasteiger partial charge in [0.15, 0.2) is 6.04 Å². The van der Waals surface area contributed by atoms with Gasteiger partial charge in [-0.15, -0.1) is 11.3 Å². The number of halogens is 1. The van der Waals surface area contributed by atoms with Crippen molar-refractivity contribution in [3.05, 3.63) is 69.9 Å². The summed E-state index contributed by atoms with van der Waals surface area (Å²) < 4.78 is 0.695. The molecule has 24 heavy (non-hydrogen) atoms. The zero-order chi connectivity index (χ0) is 17.5. The SMILES string of the molecule is C=CC[NH+](Cc1ccc(Cl)s1)[C@H](C(=O)NC(N)=O)c1ccccc1. The topological polar surface area (TPSA) is 76.6 Å². The van der Waals surface area contributed by atoms with Gasteiger partial charge in [-0.3, -0.25) is 10.1 Å². The molecule has 4 N–H and O–H groups in total. The summed E-state index contributed by atoms with van der Waals surface area (Å²) in [7, 11) is 0. The fourth-order valence-electron chi connectivity index (χ4n) is 2.56. The molecule has 0 aliphatic rings. The maximum Gasteiger partial charge on any atom is 0.319 e. The maximum absolute atomic E-state index is 12.6. The van der Waals surface area contributed by atoms with Gasteiger partial charge in [-0.2, -0.15) is 0 Å². The lowest BCUT2D eigenvalue weighted by atomic mass is 10.0. The van der Waals surface area contributed by atoms with E-state index in [1.54, 1.807) is 6.08 Å². The number of quaternary nitrogens is 1. The molecule has 1 aromatic heterocycles. The number of hydrogen-bond donors (Lipinski definition) is 3. The predicted octanol–water partition coefficient (Wildman–Crippen LogP) is 1.91. The number of primary amides is 1. The Morgan fingerprint density at radius 1 is 1.29 bits per heavy atom. The van der Waals surface area contributed by atoms with Gasteiger partial charge >= 0.3 is 6.03 Å². The Bertz CT molecular complexity index is 718. The van der Waals surface area contributed by atoms with Crippen LogP contribution in [-0.4, -0.2) is 18.5 Å². The van der Waals surface area contributed by atoms with E-state index in [1.165, 1.54) is 11.3 Å². The van der Waals surface area contributed by atoms with Gasteiger partial charge in [0, 0.05) is 5.56 Å². The van der Waals surface area contributed by atoms with Crippen LogP contribution in [0.2, 0.25) is 4.34 Å². The van der Waals surface area contributed by atoms with E-state index in [2.05, 4.69) is 11.9 Å². The molecular formula is C17H19ClN3O2S+. The normalized spacial score (nSPS) is 13.0. The van der Waals surface area contributed by atoms with Crippen molar-refractivity contribution in [3.63, 3.8) is 0 Å². The van der Waals surface area contributed by atoms with Crippen LogP contribution < -0.4 is 16.0 Å². The number of nitrogens with one attached hydrogen (secondary N) is 2. The van der Waals surface area contributed by atoms with Gasteiger partial charge in [-0.05, 0) is 18.2 Å². The number of thiophene rings is 1. The first kappa shape index (κ1) is 18.2. The number of carbonyl (C=O) groups excluding carboxylic acids is 2. The number of carbonyl (C=O) groups is 2. The van der Waals surface area contributed by atoms with E-state index in [9.17, 15) is 9.59 Å². The summed E-state index contributed by atoms with van der Waals surface area (Å²) in [6.07, 6.45) is 1.75. The van der Waals surface area contributed by atoms with Crippen LogP contribution in [0.25, 0.3) is 0 Å². The standard InChI is InChI=1S/C17H18ClN3O2S/c1-2-10-21(11-13-8-9-14(18)24-13)15(16(22)20-17(19)23)12-6-4-3-5-7-12/h2-9,15H,1,10-11H2,(H3,19,20,22,23)/p+1/t15-/m0/s1. The van der Waals surface area contributed by atoms with Crippen molar-refractivity contribution in [1.29, 1.82) is 0 Å². The molecule has 126 valence electrons. The first-order valence-electron chi connectivity index (χ1n) is 7.36. The lowest BCUT2D eigenvalue weighted by Gasteiger charge is -2.26. The molecule has 0 aliphatic carbocycles. The fourth-order valence-corrected chi connectivity index (χ4v) is 3.70. The van der Waals surface area contributed by atoms with Crippen molar-refractivity contribution in [3.8, 4) is 0 Å². The number of nitrogens with two attached hydrogens (primary N) is 1. The Morgan fingerprint density at radius 2 is 2.00 bits per heavy atom. The molecule has 1 heterocycles. The van der Waals surface area contributed by atoms with Gasteiger partial charge in [0.25, 0.3) is 5.91 Å². The Balaban J connectivity index is 2.34. The van der Waals surface area contributed by atoms with Crippen LogP contribution in [0, 0.1) is 0 Å². The Labute approximate surface area is 149 Å². The summed E-state index contributed by atoms with van der Waals surface area (Å²) in [5, 5.41) is 2.19. The lowest BCUT2D eigenvalue weighted by Crippen LogP contribution is -3.12. The third-order valence-corrected chi connectivity index (χ3v) is 4.72. The average molecular weight is 365 g/mol. The van der Waals surface area contributed by atoms with Crippen molar-refractivity contribution in [2.75, 3.05) is 6.54 Å². The average Bonchev–Trinajstić information content (AvgIpc) is 2.93. The molecule has 0 fully saturated rings. The van der Waals surface area contributed by atoms with Gasteiger partial charge in [0.05, 0.1) is 15.8 Å². The van der Waals surface area contributed by atoms with E-state index in [0.717, 1.165) is 15.3 Å². The summed E-state index contributed by atoms with van der Waals surface area (Å²) in [5.41, 5.74) is 5.93. The fraction of sp³-hybridized carbons (Fsp3) is 0.176. The molecule has 3 amide bonds. The molecule has 5 nitrogen and oxygen atoms in total. The Kier molecular flexibility index (Phi) is 6.54. The second kappa shape index (κ2) is 8.63. The number of amides is 3. The van der Waals surface area contributed by atoms with Gasteiger partial charge < -0.3 is 10.6 Å². The molecule has 1 unspecified atom stereocenters. The van der Waals surface area contributed by atoms with Crippen molar-refractivity contribution < 1.29 is 14.5 Å². The zero-order valence-corrected chi connectivity index (χ0v) is 14.6. The molecule has 1 aromatic carbocycles. The summed E-state index contributed by atoms with van der Waals surface area (Å²) in [6.45, 7) is 4.90. The minimum absolute atomic E-state index is 0.437. The van der Waals surface area contributed by atoms with E-state index in [0.29, 0.717) is 17.4 Å². The smallest absolute Gasteiger partial charge is 0.319 e. The second-order valence-electron chi connectivity index (χ2n) is 5.23. The van der Waals surface area contributed by atoms with E-state index in [-0.39, 0.29) is 0 Å². The van der Waals surface area contributed by atoms with E-state index < -0.39 is 18.0 Å².